The Balaban J connectivity index is -0.000000403. The number of hydrogen-bond acceptors (Lipinski definition) is 1. The van der Waals surface area contributed by atoms with Crippen molar-refractivity contribution in [1.82, 2.24) is 0 Å². The minimum absolute atomic E-state index is 0. The van der Waals surface area contributed by atoms with Crippen molar-refractivity contribution in [3.8, 4) is 0 Å². The molecule has 3 radical (unpaired) electrons. The van der Waals surface area contributed by atoms with E-state index in [2.05, 4.69) is 0 Å². The predicted octanol–water partition coefficient (Wildman–Crippen LogP) is 4.24. The number of halogens is 3. The van der Waals surface area contributed by atoms with Crippen LogP contribution in [0.4, 0.5) is 0 Å². The van der Waals surface area contributed by atoms with Crippen molar-refractivity contribution < 1.29 is 28.8 Å². The van der Waals surface area contributed by atoms with Crippen LogP contribution >= 0.6 is 71.9 Å². The van der Waals surface area contributed by atoms with Gasteiger partial charge in [0.05, 0.1) is 0 Å². The summed E-state index contributed by atoms with van der Waals surface area (Å²) in [5.74, 6) is 0. The van der Waals surface area contributed by atoms with Crippen LogP contribution in [0, 0.1) is 0 Å². The fourth-order valence-electron chi connectivity index (χ4n) is 0.844. The normalized spacial score (nSPS) is 12.1. The summed E-state index contributed by atoms with van der Waals surface area (Å²) in [4.78, 5) is 1.02. The Morgan fingerprint density at radius 2 is 1.36 bits per heavy atom. The molecule has 0 amide bonds. The summed E-state index contributed by atoms with van der Waals surface area (Å²) in [6.07, 6.45) is 3.77. The maximum absolute atomic E-state index is 12.1. The molecule has 0 bridgehead atoms. The second kappa shape index (κ2) is 7.75. The SMILES string of the molecule is C[S](C)(=O)([Hg])c1ccccc1.[I].[I].[I]. The molecule has 6 heteroatoms. The van der Waals surface area contributed by atoms with Crippen LogP contribution in [0.25, 0.3) is 0 Å². The van der Waals surface area contributed by atoms with E-state index in [9.17, 15) is 4.21 Å². The number of rotatable bonds is 1. The molecule has 0 aliphatic carbocycles. The summed E-state index contributed by atoms with van der Waals surface area (Å²) >= 11 is 0.299. The first kappa shape index (κ1) is 21.7. The molecular formula is C8H11HgI3OS. The minimum atomic E-state index is -2.31. The quantitative estimate of drug-likeness (QED) is 0.312. The average Bonchev–Trinajstić information content (AvgIpc) is 1.86. The maximum atomic E-state index is 12.1. The van der Waals surface area contributed by atoms with Gasteiger partial charge in [0.25, 0.3) is 0 Å². The van der Waals surface area contributed by atoms with Gasteiger partial charge in [-0.15, -0.1) is 0 Å². The molecule has 0 unspecified atom stereocenters. The molecule has 78 valence electrons. The van der Waals surface area contributed by atoms with Gasteiger partial charge in [-0.05, 0) is 0 Å². The number of hydrogen-bond donors (Lipinski definition) is 0. The molecule has 0 atom stereocenters. The van der Waals surface area contributed by atoms with Crippen molar-refractivity contribution in [2.75, 3.05) is 12.5 Å². The fourth-order valence-corrected chi connectivity index (χ4v) is 4.09. The summed E-state index contributed by atoms with van der Waals surface area (Å²) in [5, 5.41) is 0. The predicted molar refractivity (Wildman–Crippen MR) is 86.8 cm³/mol. The van der Waals surface area contributed by atoms with Crippen LogP contribution in [0.2, 0.25) is 0 Å². The van der Waals surface area contributed by atoms with Gasteiger partial charge in [-0.1, -0.05) is 0 Å². The topological polar surface area (TPSA) is 17.1 Å². The van der Waals surface area contributed by atoms with Gasteiger partial charge in [0.2, 0.25) is 0 Å². The monoisotopic (exact) mass is 738 g/mol. The van der Waals surface area contributed by atoms with Crippen molar-refractivity contribution in [2.24, 2.45) is 0 Å². The van der Waals surface area contributed by atoms with Gasteiger partial charge >= 0.3 is 82.1 Å². The van der Waals surface area contributed by atoms with E-state index >= 15 is 0 Å². The minimum Gasteiger partial charge on any atom is 0 e. The summed E-state index contributed by atoms with van der Waals surface area (Å²) in [7, 11) is 0. The average molecular weight is 737 g/mol. The Morgan fingerprint density at radius 1 is 1.00 bits per heavy atom. The smallest absolute Gasteiger partial charge is 0 e. The Hall–Kier alpha value is 2.50. The molecule has 0 N–H and O–H groups in total. The summed E-state index contributed by atoms with van der Waals surface area (Å²) < 4.78 is 12.1. The molecule has 1 rings (SSSR count). The van der Waals surface area contributed by atoms with E-state index in [0.29, 0.717) is 24.6 Å². The van der Waals surface area contributed by atoms with Crippen LogP contribution in [0.5, 0.6) is 0 Å². The molecular weight excluding hydrogens is 725 g/mol. The van der Waals surface area contributed by atoms with E-state index in [0.717, 1.165) is 4.90 Å². The Morgan fingerprint density at radius 3 is 1.57 bits per heavy atom. The van der Waals surface area contributed by atoms with Crippen molar-refractivity contribution in [2.45, 2.75) is 4.90 Å². The van der Waals surface area contributed by atoms with Gasteiger partial charge in [-0.3, -0.25) is 0 Å². The van der Waals surface area contributed by atoms with Crippen LogP contribution in [0.3, 0.4) is 0 Å². The van der Waals surface area contributed by atoms with Crippen LogP contribution in [-0.4, -0.2) is 16.7 Å². The Kier molecular flexibility index (Phi) is 12.0. The van der Waals surface area contributed by atoms with Crippen LogP contribution < -0.4 is 0 Å². The van der Waals surface area contributed by atoms with Crippen molar-refractivity contribution in [3.63, 3.8) is 0 Å². The first-order valence-corrected chi connectivity index (χ1v) is 13.1. The zero-order chi connectivity index (χ0) is 8.56. The zero-order valence-electron chi connectivity index (χ0n) is 8.04. The molecule has 0 fully saturated rings. The Bertz CT molecular complexity index is 312. The maximum Gasteiger partial charge on any atom is 0 e. The molecule has 0 aromatic heterocycles. The van der Waals surface area contributed by atoms with Crippen molar-refractivity contribution in [3.05, 3.63) is 30.3 Å². The molecule has 0 spiro atoms. The number of benzene rings is 1. The van der Waals surface area contributed by atoms with Gasteiger partial charge < -0.3 is 0 Å². The van der Waals surface area contributed by atoms with Gasteiger partial charge in [-0.25, -0.2) is 0 Å². The van der Waals surface area contributed by atoms with E-state index in [-0.39, 0.29) is 71.9 Å². The van der Waals surface area contributed by atoms with E-state index in [4.69, 9.17) is 0 Å². The third-order valence-corrected chi connectivity index (χ3v) is 7.11. The third kappa shape index (κ3) is 7.72. The van der Waals surface area contributed by atoms with Gasteiger partial charge in [-0.2, -0.15) is 0 Å². The molecule has 14 heavy (non-hydrogen) atoms. The molecule has 0 saturated heterocycles. The largest absolute Gasteiger partial charge is 0 e. The third-order valence-electron chi connectivity index (χ3n) is 1.48. The molecule has 1 aromatic carbocycles. The van der Waals surface area contributed by atoms with Gasteiger partial charge in [0.15, 0.2) is 0 Å². The second-order valence-corrected chi connectivity index (χ2v) is 27.6. The fraction of sp³-hybridized carbons (Fsp3) is 0.250. The van der Waals surface area contributed by atoms with E-state index in [1.54, 1.807) is 0 Å². The zero-order valence-corrected chi connectivity index (χ0v) is 20.8. The van der Waals surface area contributed by atoms with Crippen molar-refractivity contribution >= 4 is 77.5 Å². The molecule has 0 saturated carbocycles. The van der Waals surface area contributed by atoms with E-state index < -0.39 is 5.55 Å². The molecule has 0 aliphatic heterocycles. The van der Waals surface area contributed by atoms with Crippen LogP contribution in [0.1, 0.15) is 0 Å². The first-order valence-electron chi connectivity index (χ1n) is 3.39. The molecule has 0 aliphatic rings. The van der Waals surface area contributed by atoms with Crippen LogP contribution in [0.15, 0.2) is 35.2 Å². The summed E-state index contributed by atoms with van der Waals surface area (Å²) in [6.45, 7) is 0. The summed E-state index contributed by atoms with van der Waals surface area (Å²) in [6, 6.07) is 9.77. The Labute approximate surface area is 151 Å². The first-order chi connectivity index (χ1) is 4.86. The van der Waals surface area contributed by atoms with Crippen molar-refractivity contribution in [1.29, 1.82) is 0 Å². The second-order valence-electron chi connectivity index (χ2n) is 3.39. The van der Waals surface area contributed by atoms with E-state index in [1.807, 2.05) is 42.8 Å². The molecule has 1 aromatic rings. The van der Waals surface area contributed by atoms with Crippen LogP contribution in [-0.2, 0) is 30.2 Å². The summed E-state index contributed by atoms with van der Waals surface area (Å²) in [5.41, 5.74) is -2.31. The standard InChI is InChI=1S/C8H11OS.Hg.3I/c1-10(2,9)8-6-4-3-5-7-8;;;;/h3-7H,1-2H3;;;;. The molecule has 0 heterocycles. The molecule has 1 nitrogen and oxygen atoms in total. The van der Waals surface area contributed by atoms with Gasteiger partial charge in [0, 0.05) is 71.9 Å². The van der Waals surface area contributed by atoms with E-state index in [1.165, 1.54) is 0 Å². The van der Waals surface area contributed by atoms with Gasteiger partial charge in [0.1, 0.15) is 0 Å².